The van der Waals surface area contributed by atoms with Crippen molar-refractivity contribution in [1.82, 2.24) is 15.3 Å². The maximum absolute atomic E-state index is 11.5. The van der Waals surface area contributed by atoms with Crippen LogP contribution in [0.4, 0.5) is 11.6 Å². The van der Waals surface area contributed by atoms with Crippen LogP contribution in [0.15, 0.2) is 0 Å². The Bertz CT molecular complexity index is 485. The summed E-state index contributed by atoms with van der Waals surface area (Å²) in [6.07, 6.45) is 3.86. The molecule has 1 aromatic heterocycles. The molecule has 4 N–H and O–H groups in total. The van der Waals surface area contributed by atoms with Gasteiger partial charge in [-0.15, -0.1) is 0 Å². The average molecular weight is 277 g/mol. The van der Waals surface area contributed by atoms with E-state index in [4.69, 9.17) is 5.73 Å². The zero-order chi connectivity index (χ0) is 14.5. The van der Waals surface area contributed by atoms with Gasteiger partial charge in [0.15, 0.2) is 0 Å². The third-order valence-corrected chi connectivity index (χ3v) is 3.37. The molecule has 0 unspecified atom stereocenters. The van der Waals surface area contributed by atoms with Gasteiger partial charge >= 0.3 is 0 Å². The molecular formula is C14H23N5O. The van der Waals surface area contributed by atoms with E-state index in [-0.39, 0.29) is 11.8 Å². The van der Waals surface area contributed by atoms with Crippen LogP contribution in [-0.4, -0.2) is 29.0 Å². The highest BCUT2D eigenvalue weighted by atomic mass is 16.2. The number of nitrogens with zero attached hydrogens (tertiary/aromatic N) is 2. The zero-order valence-corrected chi connectivity index (χ0v) is 12.2. The minimum atomic E-state index is 0.164. The lowest BCUT2D eigenvalue weighted by Gasteiger charge is -2.12. The van der Waals surface area contributed by atoms with Gasteiger partial charge in [0.05, 0.1) is 0 Å². The molecule has 1 aliphatic rings. The summed E-state index contributed by atoms with van der Waals surface area (Å²) >= 11 is 0. The SMILES string of the molecule is CCCc1nc(N)c(C)c(NCCNC(=O)C2CC2)n1. The summed E-state index contributed by atoms with van der Waals surface area (Å²) < 4.78 is 0. The first-order valence-corrected chi connectivity index (χ1v) is 7.26. The highest BCUT2D eigenvalue weighted by Crippen LogP contribution is 2.28. The van der Waals surface area contributed by atoms with Gasteiger partial charge in [-0.2, -0.15) is 0 Å². The van der Waals surface area contributed by atoms with Gasteiger partial charge in [0.25, 0.3) is 0 Å². The molecule has 0 radical (unpaired) electrons. The van der Waals surface area contributed by atoms with Crippen LogP contribution in [0.5, 0.6) is 0 Å². The van der Waals surface area contributed by atoms with E-state index < -0.39 is 0 Å². The molecule has 20 heavy (non-hydrogen) atoms. The van der Waals surface area contributed by atoms with Crippen molar-refractivity contribution in [3.8, 4) is 0 Å². The molecule has 1 fully saturated rings. The molecular weight excluding hydrogens is 254 g/mol. The Morgan fingerprint density at radius 2 is 2.10 bits per heavy atom. The minimum absolute atomic E-state index is 0.164. The number of hydrogen-bond donors (Lipinski definition) is 3. The number of aryl methyl sites for hydroxylation is 1. The van der Waals surface area contributed by atoms with E-state index >= 15 is 0 Å². The van der Waals surface area contributed by atoms with Gasteiger partial charge in [-0.1, -0.05) is 6.92 Å². The highest BCUT2D eigenvalue weighted by molar-refractivity contribution is 5.80. The van der Waals surface area contributed by atoms with Gasteiger partial charge in [0.1, 0.15) is 17.5 Å². The number of carbonyl (C=O) groups excluding carboxylic acids is 1. The summed E-state index contributed by atoms with van der Waals surface area (Å²) in [4.78, 5) is 20.2. The first-order chi connectivity index (χ1) is 9.61. The fraction of sp³-hybridized carbons (Fsp3) is 0.643. The number of nitrogens with two attached hydrogens (primary N) is 1. The third kappa shape index (κ3) is 3.82. The van der Waals surface area contributed by atoms with E-state index in [1.165, 1.54) is 0 Å². The summed E-state index contributed by atoms with van der Waals surface area (Å²) in [5.74, 6) is 2.47. The molecule has 0 saturated heterocycles. The van der Waals surface area contributed by atoms with Gasteiger partial charge in [-0.25, -0.2) is 9.97 Å². The fourth-order valence-corrected chi connectivity index (χ4v) is 1.95. The van der Waals surface area contributed by atoms with Gasteiger partial charge < -0.3 is 16.4 Å². The molecule has 110 valence electrons. The van der Waals surface area contributed by atoms with Gasteiger partial charge in [0.2, 0.25) is 5.91 Å². The van der Waals surface area contributed by atoms with Crippen LogP contribution in [-0.2, 0) is 11.2 Å². The van der Waals surface area contributed by atoms with Crippen molar-refractivity contribution in [1.29, 1.82) is 0 Å². The van der Waals surface area contributed by atoms with Crippen molar-refractivity contribution >= 4 is 17.5 Å². The Balaban J connectivity index is 1.85. The topological polar surface area (TPSA) is 92.9 Å². The van der Waals surface area contributed by atoms with E-state index in [0.29, 0.717) is 18.9 Å². The molecule has 1 aliphatic carbocycles. The third-order valence-electron chi connectivity index (χ3n) is 3.37. The lowest BCUT2D eigenvalue weighted by atomic mass is 10.2. The van der Waals surface area contributed by atoms with Crippen LogP contribution in [0, 0.1) is 12.8 Å². The number of nitrogens with one attached hydrogen (secondary N) is 2. The molecule has 2 rings (SSSR count). The Morgan fingerprint density at radius 1 is 1.35 bits per heavy atom. The first-order valence-electron chi connectivity index (χ1n) is 7.26. The first kappa shape index (κ1) is 14.6. The standard InChI is InChI=1S/C14H23N5O/c1-3-4-11-18-12(15)9(2)13(19-11)16-7-8-17-14(20)10-5-6-10/h10H,3-8H2,1-2H3,(H,17,20)(H3,15,16,18,19). The Labute approximate surface area is 119 Å². The van der Waals surface area contributed by atoms with Crippen molar-refractivity contribution < 1.29 is 4.79 Å². The van der Waals surface area contributed by atoms with Crippen molar-refractivity contribution in [2.75, 3.05) is 24.1 Å². The molecule has 1 heterocycles. The van der Waals surface area contributed by atoms with Crippen LogP contribution in [0.2, 0.25) is 0 Å². The lowest BCUT2D eigenvalue weighted by Crippen LogP contribution is -2.30. The van der Waals surface area contributed by atoms with Crippen LogP contribution >= 0.6 is 0 Å². The second kappa shape index (κ2) is 6.54. The van der Waals surface area contributed by atoms with Crippen LogP contribution in [0.1, 0.15) is 37.6 Å². The number of aromatic nitrogens is 2. The number of nitrogen functional groups attached to an aromatic ring is 1. The lowest BCUT2D eigenvalue weighted by molar-refractivity contribution is -0.122. The molecule has 1 saturated carbocycles. The Hall–Kier alpha value is -1.85. The predicted octanol–water partition coefficient (Wildman–Crippen LogP) is 1.26. The second-order valence-electron chi connectivity index (χ2n) is 5.24. The average Bonchev–Trinajstić information content (AvgIpc) is 3.24. The monoisotopic (exact) mass is 277 g/mol. The Kier molecular flexibility index (Phi) is 4.76. The van der Waals surface area contributed by atoms with E-state index in [1.807, 2.05) is 6.92 Å². The molecule has 1 amide bonds. The molecule has 0 bridgehead atoms. The summed E-state index contributed by atoms with van der Waals surface area (Å²) in [5, 5.41) is 6.13. The smallest absolute Gasteiger partial charge is 0.223 e. The molecule has 6 nitrogen and oxygen atoms in total. The maximum atomic E-state index is 11.5. The van der Waals surface area contributed by atoms with E-state index in [2.05, 4.69) is 27.5 Å². The number of carbonyl (C=O) groups is 1. The van der Waals surface area contributed by atoms with E-state index in [0.717, 1.165) is 42.9 Å². The summed E-state index contributed by atoms with van der Waals surface area (Å²) in [6, 6.07) is 0. The zero-order valence-electron chi connectivity index (χ0n) is 12.2. The van der Waals surface area contributed by atoms with Crippen LogP contribution < -0.4 is 16.4 Å². The minimum Gasteiger partial charge on any atom is -0.383 e. The van der Waals surface area contributed by atoms with Crippen molar-refractivity contribution in [2.24, 2.45) is 5.92 Å². The van der Waals surface area contributed by atoms with Gasteiger partial charge in [0, 0.05) is 31.0 Å². The second-order valence-corrected chi connectivity index (χ2v) is 5.24. The molecule has 1 aromatic rings. The maximum Gasteiger partial charge on any atom is 0.223 e. The van der Waals surface area contributed by atoms with Crippen LogP contribution in [0.3, 0.4) is 0 Å². The number of anilines is 2. The molecule has 0 spiro atoms. The Morgan fingerprint density at radius 3 is 2.75 bits per heavy atom. The molecule has 0 atom stereocenters. The van der Waals surface area contributed by atoms with Crippen molar-refractivity contribution in [3.05, 3.63) is 11.4 Å². The normalized spacial score (nSPS) is 14.1. The number of amides is 1. The highest BCUT2D eigenvalue weighted by Gasteiger charge is 2.28. The quantitative estimate of drug-likeness (QED) is 0.652. The summed E-state index contributed by atoms with van der Waals surface area (Å²) in [5.41, 5.74) is 6.75. The van der Waals surface area contributed by atoms with Gasteiger partial charge in [-0.3, -0.25) is 4.79 Å². The largest absolute Gasteiger partial charge is 0.383 e. The van der Waals surface area contributed by atoms with E-state index in [1.54, 1.807) is 0 Å². The summed E-state index contributed by atoms with van der Waals surface area (Å²) in [7, 11) is 0. The number of rotatable bonds is 7. The molecule has 6 heteroatoms. The predicted molar refractivity (Wildman–Crippen MR) is 79.4 cm³/mol. The van der Waals surface area contributed by atoms with Crippen LogP contribution in [0.25, 0.3) is 0 Å². The van der Waals surface area contributed by atoms with E-state index in [9.17, 15) is 4.79 Å². The number of hydrogen-bond acceptors (Lipinski definition) is 5. The van der Waals surface area contributed by atoms with Crippen molar-refractivity contribution in [3.63, 3.8) is 0 Å². The van der Waals surface area contributed by atoms with Crippen molar-refractivity contribution in [2.45, 2.75) is 39.5 Å². The molecule has 0 aliphatic heterocycles. The summed E-state index contributed by atoms with van der Waals surface area (Å²) in [6.45, 7) is 5.22. The fourth-order valence-electron chi connectivity index (χ4n) is 1.95. The van der Waals surface area contributed by atoms with Gasteiger partial charge in [-0.05, 0) is 26.2 Å². The molecule has 0 aromatic carbocycles.